The van der Waals surface area contributed by atoms with E-state index in [1.165, 1.54) is 6.42 Å². The largest absolute Gasteiger partial charge is 0.324 e. The number of piperidine rings is 1. The lowest BCUT2D eigenvalue weighted by atomic mass is 9.92. The molecule has 20 heavy (non-hydrogen) atoms. The molecule has 1 aliphatic heterocycles. The van der Waals surface area contributed by atoms with Gasteiger partial charge in [-0.05, 0) is 36.5 Å². The first-order valence-electron chi connectivity index (χ1n) is 6.91. The molecule has 2 atom stereocenters. The highest BCUT2D eigenvalue weighted by Crippen LogP contribution is 2.25. The number of anilines is 1. The molecule has 0 aromatic heterocycles. The lowest BCUT2D eigenvalue weighted by molar-refractivity contribution is -0.117. The number of hydrogen-bond acceptors (Lipinski definition) is 2. The van der Waals surface area contributed by atoms with Gasteiger partial charge in [0, 0.05) is 18.1 Å². The minimum absolute atomic E-state index is 0.0459. The molecule has 1 aromatic rings. The molecule has 1 fully saturated rings. The maximum absolute atomic E-state index is 12.1. The van der Waals surface area contributed by atoms with E-state index in [0.29, 0.717) is 34.1 Å². The highest BCUT2D eigenvalue weighted by molar-refractivity contribution is 6.35. The van der Waals surface area contributed by atoms with Crippen LogP contribution in [0.5, 0.6) is 0 Å². The summed E-state index contributed by atoms with van der Waals surface area (Å²) < 4.78 is 0. The summed E-state index contributed by atoms with van der Waals surface area (Å²) in [6, 6.07) is 5.06. The Morgan fingerprint density at radius 1 is 1.30 bits per heavy atom. The molecule has 1 aromatic carbocycles. The number of rotatable bonds is 3. The van der Waals surface area contributed by atoms with Gasteiger partial charge in [-0.15, -0.1) is 0 Å². The summed E-state index contributed by atoms with van der Waals surface area (Å²) in [5.41, 5.74) is 0.572. The van der Waals surface area contributed by atoms with Crippen LogP contribution in [0.1, 0.15) is 20.3 Å². The van der Waals surface area contributed by atoms with Crippen molar-refractivity contribution in [1.29, 1.82) is 0 Å². The van der Waals surface area contributed by atoms with E-state index in [9.17, 15) is 4.79 Å². The lowest BCUT2D eigenvalue weighted by Gasteiger charge is -2.34. The van der Waals surface area contributed by atoms with Crippen molar-refractivity contribution in [2.45, 2.75) is 20.3 Å². The Labute approximate surface area is 130 Å². The summed E-state index contributed by atoms with van der Waals surface area (Å²) in [6.45, 7) is 6.81. The lowest BCUT2D eigenvalue weighted by Crippen LogP contribution is -2.42. The van der Waals surface area contributed by atoms with E-state index < -0.39 is 0 Å². The second kappa shape index (κ2) is 6.79. The molecular formula is C15H20Cl2N2O. The molecule has 0 spiro atoms. The minimum atomic E-state index is -0.0459. The first-order chi connectivity index (χ1) is 9.44. The number of nitrogens with one attached hydrogen (secondary N) is 1. The van der Waals surface area contributed by atoms with Crippen molar-refractivity contribution >= 4 is 34.8 Å². The van der Waals surface area contributed by atoms with Gasteiger partial charge in [-0.2, -0.15) is 0 Å². The Balaban J connectivity index is 1.93. The van der Waals surface area contributed by atoms with Crippen LogP contribution in [0.4, 0.5) is 5.69 Å². The molecule has 1 saturated heterocycles. The predicted molar refractivity (Wildman–Crippen MR) is 84.5 cm³/mol. The third-order valence-electron chi connectivity index (χ3n) is 3.51. The number of likely N-dealkylation sites (tertiary alicyclic amines) is 1. The quantitative estimate of drug-likeness (QED) is 0.917. The maximum atomic E-state index is 12.1. The number of halogens is 2. The van der Waals surface area contributed by atoms with E-state index in [0.717, 1.165) is 13.1 Å². The zero-order valence-corrected chi connectivity index (χ0v) is 13.3. The summed E-state index contributed by atoms with van der Waals surface area (Å²) in [4.78, 5) is 14.3. The molecule has 2 rings (SSSR count). The number of nitrogens with zero attached hydrogens (tertiary/aromatic N) is 1. The monoisotopic (exact) mass is 314 g/mol. The Morgan fingerprint density at radius 3 is 2.60 bits per heavy atom. The molecule has 3 nitrogen and oxygen atoms in total. The van der Waals surface area contributed by atoms with E-state index in [1.807, 2.05) is 0 Å². The molecule has 1 N–H and O–H groups in total. The Kier molecular flexibility index (Phi) is 5.30. The van der Waals surface area contributed by atoms with Gasteiger partial charge >= 0.3 is 0 Å². The highest BCUT2D eigenvalue weighted by Gasteiger charge is 2.23. The summed E-state index contributed by atoms with van der Waals surface area (Å²) in [5, 5.41) is 3.89. The first-order valence-corrected chi connectivity index (χ1v) is 7.67. The molecule has 1 aliphatic rings. The van der Waals surface area contributed by atoms with Crippen molar-refractivity contribution in [2.24, 2.45) is 11.8 Å². The van der Waals surface area contributed by atoms with Crippen LogP contribution in [0, 0.1) is 11.8 Å². The van der Waals surface area contributed by atoms with Gasteiger partial charge in [0.2, 0.25) is 5.91 Å². The summed E-state index contributed by atoms with van der Waals surface area (Å²) in [5.74, 6) is 1.23. The van der Waals surface area contributed by atoms with E-state index in [-0.39, 0.29) is 5.91 Å². The summed E-state index contributed by atoms with van der Waals surface area (Å²) in [7, 11) is 0. The van der Waals surface area contributed by atoms with Crippen LogP contribution in [0.15, 0.2) is 18.2 Å². The average molecular weight is 315 g/mol. The Hall–Kier alpha value is -0.770. The van der Waals surface area contributed by atoms with E-state index >= 15 is 0 Å². The molecule has 1 heterocycles. The third-order valence-corrected chi connectivity index (χ3v) is 4.08. The van der Waals surface area contributed by atoms with Crippen LogP contribution in [-0.4, -0.2) is 30.4 Å². The van der Waals surface area contributed by atoms with E-state index in [2.05, 4.69) is 24.1 Å². The fourth-order valence-corrected chi connectivity index (χ4v) is 3.24. The zero-order chi connectivity index (χ0) is 14.7. The van der Waals surface area contributed by atoms with Crippen molar-refractivity contribution in [2.75, 3.05) is 25.0 Å². The van der Waals surface area contributed by atoms with Crippen molar-refractivity contribution < 1.29 is 4.79 Å². The normalized spacial score (nSPS) is 23.6. The highest BCUT2D eigenvalue weighted by atomic mass is 35.5. The topological polar surface area (TPSA) is 32.3 Å². The number of amides is 1. The van der Waals surface area contributed by atoms with Crippen LogP contribution in [0.3, 0.4) is 0 Å². The predicted octanol–water partition coefficient (Wildman–Crippen LogP) is 3.91. The van der Waals surface area contributed by atoms with Crippen molar-refractivity contribution in [3.05, 3.63) is 28.2 Å². The van der Waals surface area contributed by atoms with Gasteiger partial charge < -0.3 is 5.32 Å². The van der Waals surface area contributed by atoms with E-state index in [4.69, 9.17) is 23.2 Å². The molecular weight excluding hydrogens is 295 g/mol. The Bertz CT molecular complexity index is 483. The van der Waals surface area contributed by atoms with Gasteiger partial charge in [0.25, 0.3) is 0 Å². The molecule has 0 bridgehead atoms. The van der Waals surface area contributed by atoms with Crippen LogP contribution in [0.25, 0.3) is 0 Å². The minimum Gasteiger partial charge on any atom is -0.324 e. The molecule has 0 saturated carbocycles. The van der Waals surface area contributed by atoms with Crippen molar-refractivity contribution in [3.63, 3.8) is 0 Å². The number of benzene rings is 1. The second-order valence-corrected chi connectivity index (χ2v) is 6.66. The SMILES string of the molecule is CC1CC(C)CN(CC(=O)Nc2cc(Cl)ccc2Cl)C1. The Morgan fingerprint density at radius 2 is 1.95 bits per heavy atom. The molecule has 1 amide bonds. The maximum Gasteiger partial charge on any atom is 0.238 e. The number of hydrogen-bond donors (Lipinski definition) is 1. The third kappa shape index (κ3) is 4.37. The molecule has 0 radical (unpaired) electrons. The number of carbonyl (C=O) groups excluding carboxylic acids is 1. The van der Waals surface area contributed by atoms with Crippen LogP contribution in [0.2, 0.25) is 10.0 Å². The molecule has 110 valence electrons. The van der Waals surface area contributed by atoms with Gasteiger partial charge in [-0.25, -0.2) is 0 Å². The average Bonchev–Trinajstić information content (AvgIpc) is 2.32. The van der Waals surface area contributed by atoms with Gasteiger partial charge in [-0.3, -0.25) is 9.69 Å². The zero-order valence-electron chi connectivity index (χ0n) is 11.8. The van der Waals surface area contributed by atoms with Gasteiger partial charge in [0.05, 0.1) is 17.3 Å². The van der Waals surface area contributed by atoms with Gasteiger partial charge in [-0.1, -0.05) is 37.0 Å². The fourth-order valence-electron chi connectivity index (χ4n) is 2.91. The molecule has 5 heteroatoms. The molecule has 2 unspecified atom stereocenters. The van der Waals surface area contributed by atoms with Crippen LogP contribution < -0.4 is 5.32 Å². The van der Waals surface area contributed by atoms with Crippen molar-refractivity contribution in [3.8, 4) is 0 Å². The first kappa shape index (κ1) is 15.6. The van der Waals surface area contributed by atoms with Crippen LogP contribution in [-0.2, 0) is 4.79 Å². The summed E-state index contributed by atoms with van der Waals surface area (Å²) in [6.07, 6.45) is 1.23. The molecule has 0 aliphatic carbocycles. The van der Waals surface area contributed by atoms with Crippen molar-refractivity contribution in [1.82, 2.24) is 4.90 Å². The summed E-state index contributed by atoms with van der Waals surface area (Å²) >= 11 is 12.0. The van der Waals surface area contributed by atoms with Gasteiger partial charge in [0.15, 0.2) is 0 Å². The fraction of sp³-hybridized carbons (Fsp3) is 0.533. The van der Waals surface area contributed by atoms with E-state index in [1.54, 1.807) is 18.2 Å². The smallest absolute Gasteiger partial charge is 0.238 e. The number of carbonyl (C=O) groups is 1. The van der Waals surface area contributed by atoms with Crippen LogP contribution >= 0.6 is 23.2 Å². The second-order valence-electron chi connectivity index (χ2n) is 5.81. The standard InChI is InChI=1S/C15H20Cl2N2O/c1-10-5-11(2)8-19(7-10)9-15(20)18-14-6-12(16)3-4-13(14)17/h3-4,6,10-11H,5,7-9H2,1-2H3,(H,18,20). The van der Waals surface area contributed by atoms with Gasteiger partial charge in [0.1, 0.15) is 0 Å².